The molecule has 0 heterocycles. The van der Waals surface area contributed by atoms with E-state index in [9.17, 15) is 0 Å². The molecule has 0 nitrogen and oxygen atoms in total. The highest BCUT2D eigenvalue weighted by Gasteiger charge is 1.92. The summed E-state index contributed by atoms with van der Waals surface area (Å²) in [4.78, 5) is 0. The van der Waals surface area contributed by atoms with Gasteiger partial charge in [-0.05, 0) is 16.7 Å². The Bertz CT molecular complexity index is 471. The zero-order valence-corrected chi connectivity index (χ0v) is 11.1. The van der Waals surface area contributed by atoms with Crippen LogP contribution in [0, 0.1) is 0 Å². The average Bonchev–Trinajstić information content (AvgIpc) is 2.49. The maximum Gasteiger partial charge on any atom is 0.0474 e. The van der Waals surface area contributed by atoms with Crippen LogP contribution >= 0.6 is 11.6 Å². The molecule has 0 bridgehead atoms. The minimum absolute atomic E-state index is 0.504. The standard InChI is InChI=1S/C9H9Cl.C8H8/c1-8(7-10)9-5-3-2-4-6-9;1-2-8-6-4-3-5-7-8/h2-6H,1,7H2;2-7H,1H2. The predicted octanol–water partition coefficient (Wildman–Crippen LogP) is 5.27. The molecular formula is C17H17Cl. The molecule has 92 valence electrons. The number of benzene rings is 2. The SMILES string of the molecule is C=C(CCl)c1ccccc1.C=Cc1ccccc1. The summed E-state index contributed by atoms with van der Waals surface area (Å²) >= 11 is 5.59. The zero-order chi connectivity index (χ0) is 13.2. The second-order valence-electron chi connectivity index (χ2n) is 3.72. The first-order valence-electron chi connectivity index (χ1n) is 5.74. The van der Waals surface area contributed by atoms with Crippen molar-refractivity contribution in [3.63, 3.8) is 0 Å². The van der Waals surface area contributed by atoms with Crippen LogP contribution in [0.1, 0.15) is 11.1 Å². The van der Waals surface area contributed by atoms with Gasteiger partial charge < -0.3 is 0 Å². The number of hydrogen-bond donors (Lipinski definition) is 0. The van der Waals surface area contributed by atoms with Crippen LogP contribution in [-0.2, 0) is 0 Å². The minimum Gasteiger partial charge on any atom is -0.122 e. The molecule has 0 aromatic heterocycles. The molecule has 0 amide bonds. The Morgan fingerprint density at radius 1 is 0.944 bits per heavy atom. The first-order chi connectivity index (χ1) is 8.77. The van der Waals surface area contributed by atoms with Gasteiger partial charge in [-0.25, -0.2) is 0 Å². The van der Waals surface area contributed by atoms with Gasteiger partial charge in [-0.1, -0.05) is 79.9 Å². The van der Waals surface area contributed by atoms with Crippen LogP contribution in [0.3, 0.4) is 0 Å². The largest absolute Gasteiger partial charge is 0.122 e. The molecule has 1 heteroatoms. The van der Waals surface area contributed by atoms with Crippen LogP contribution in [-0.4, -0.2) is 5.88 Å². The van der Waals surface area contributed by atoms with E-state index >= 15 is 0 Å². The van der Waals surface area contributed by atoms with Crippen molar-refractivity contribution in [3.05, 3.63) is 84.9 Å². The van der Waals surface area contributed by atoms with Gasteiger partial charge in [-0.3, -0.25) is 0 Å². The molecule has 0 N–H and O–H groups in total. The molecule has 0 atom stereocenters. The van der Waals surface area contributed by atoms with Gasteiger partial charge in [0.15, 0.2) is 0 Å². The lowest BCUT2D eigenvalue weighted by Gasteiger charge is -1.98. The number of rotatable bonds is 3. The molecule has 2 aromatic rings. The van der Waals surface area contributed by atoms with Gasteiger partial charge in [0.25, 0.3) is 0 Å². The Kier molecular flexibility index (Phi) is 6.60. The van der Waals surface area contributed by atoms with Crippen molar-refractivity contribution in [3.8, 4) is 0 Å². The number of allylic oxidation sites excluding steroid dienone is 1. The fraction of sp³-hybridized carbons (Fsp3) is 0.0588. The summed E-state index contributed by atoms with van der Waals surface area (Å²) < 4.78 is 0. The third kappa shape index (κ3) is 5.03. The van der Waals surface area contributed by atoms with Gasteiger partial charge in [-0.15, -0.1) is 11.6 Å². The molecule has 18 heavy (non-hydrogen) atoms. The van der Waals surface area contributed by atoms with Gasteiger partial charge in [0, 0.05) is 5.88 Å². The zero-order valence-electron chi connectivity index (χ0n) is 10.4. The van der Waals surface area contributed by atoms with Gasteiger partial charge in [0.2, 0.25) is 0 Å². The first-order valence-corrected chi connectivity index (χ1v) is 6.28. The Morgan fingerprint density at radius 2 is 1.44 bits per heavy atom. The normalized spacial score (nSPS) is 8.94. The first kappa shape index (κ1) is 14.3. The fourth-order valence-corrected chi connectivity index (χ4v) is 1.49. The molecule has 0 saturated carbocycles. The van der Waals surface area contributed by atoms with E-state index in [1.165, 1.54) is 5.56 Å². The third-order valence-electron chi connectivity index (χ3n) is 2.38. The van der Waals surface area contributed by atoms with Crippen molar-refractivity contribution in [1.29, 1.82) is 0 Å². The molecule has 2 aromatic carbocycles. The highest BCUT2D eigenvalue weighted by Crippen LogP contribution is 2.11. The molecule has 0 radical (unpaired) electrons. The molecule has 0 saturated heterocycles. The van der Waals surface area contributed by atoms with Crippen LogP contribution in [0.5, 0.6) is 0 Å². The maximum absolute atomic E-state index is 5.59. The lowest BCUT2D eigenvalue weighted by Crippen LogP contribution is -1.80. The fourth-order valence-electron chi connectivity index (χ4n) is 1.34. The van der Waals surface area contributed by atoms with E-state index < -0.39 is 0 Å². The third-order valence-corrected chi connectivity index (χ3v) is 2.70. The summed E-state index contributed by atoms with van der Waals surface area (Å²) in [6.45, 7) is 7.44. The van der Waals surface area contributed by atoms with Crippen LogP contribution < -0.4 is 0 Å². The molecular weight excluding hydrogens is 240 g/mol. The molecule has 0 spiro atoms. The number of alkyl halides is 1. The van der Waals surface area contributed by atoms with E-state index in [4.69, 9.17) is 11.6 Å². The van der Waals surface area contributed by atoms with E-state index in [1.54, 1.807) is 0 Å². The van der Waals surface area contributed by atoms with Gasteiger partial charge in [-0.2, -0.15) is 0 Å². The molecule has 0 fully saturated rings. The Balaban J connectivity index is 0.000000184. The van der Waals surface area contributed by atoms with E-state index in [2.05, 4.69) is 13.2 Å². The van der Waals surface area contributed by atoms with Crippen molar-refractivity contribution in [2.75, 3.05) is 5.88 Å². The van der Waals surface area contributed by atoms with E-state index in [0.29, 0.717) is 5.88 Å². The molecule has 0 aliphatic heterocycles. The summed E-state index contributed by atoms with van der Waals surface area (Å²) in [6, 6.07) is 20.0. The number of hydrogen-bond acceptors (Lipinski definition) is 0. The summed E-state index contributed by atoms with van der Waals surface area (Å²) in [5, 5.41) is 0. The molecule has 0 aliphatic rings. The summed E-state index contributed by atoms with van der Waals surface area (Å²) in [6.07, 6.45) is 1.83. The monoisotopic (exact) mass is 256 g/mol. The smallest absolute Gasteiger partial charge is 0.0474 e. The van der Waals surface area contributed by atoms with Crippen molar-refractivity contribution in [2.45, 2.75) is 0 Å². The highest BCUT2D eigenvalue weighted by atomic mass is 35.5. The number of halogens is 1. The van der Waals surface area contributed by atoms with E-state index in [0.717, 1.165) is 11.1 Å². The Morgan fingerprint density at radius 3 is 1.83 bits per heavy atom. The lowest BCUT2D eigenvalue weighted by atomic mass is 10.1. The van der Waals surface area contributed by atoms with Crippen molar-refractivity contribution < 1.29 is 0 Å². The molecule has 0 aliphatic carbocycles. The summed E-state index contributed by atoms with van der Waals surface area (Å²) in [7, 11) is 0. The predicted molar refractivity (Wildman–Crippen MR) is 82.7 cm³/mol. The quantitative estimate of drug-likeness (QED) is 0.657. The van der Waals surface area contributed by atoms with Crippen LogP contribution in [0.25, 0.3) is 11.6 Å². The van der Waals surface area contributed by atoms with Crippen LogP contribution in [0.2, 0.25) is 0 Å². The van der Waals surface area contributed by atoms with Gasteiger partial charge in [0.1, 0.15) is 0 Å². The Hall–Kier alpha value is -1.79. The van der Waals surface area contributed by atoms with Gasteiger partial charge in [0.05, 0.1) is 0 Å². The van der Waals surface area contributed by atoms with Crippen molar-refractivity contribution >= 4 is 23.3 Å². The minimum atomic E-state index is 0.504. The van der Waals surface area contributed by atoms with E-state index in [1.807, 2.05) is 66.7 Å². The van der Waals surface area contributed by atoms with Crippen LogP contribution in [0.4, 0.5) is 0 Å². The average molecular weight is 257 g/mol. The highest BCUT2D eigenvalue weighted by molar-refractivity contribution is 6.23. The molecule has 2 rings (SSSR count). The lowest BCUT2D eigenvalue weighted by molar-refractivity contribution is 1.59. The summed E-state index contributed by atoms with van der Waals surface area (Å²) in [5.41, 5.74) is 3.27. The molecule has 0 unspecified atom stereocenters. The van der Waals surface area contributed by atoms with Gasteiger partial charge >= 0.3 is 0 Å². The maximum atomic E-state index is 5.59. The second-order valence-corrected chi connectivity index (χ2v) is 3.99. The summed E-state index contributed by atoms with van der Waals surface area (Å²) in [5.74, 6) is 0.504. The second kappa shape index (κ2) is 8.32. The van der Waals surface area contributed by atoms with E-state index in [-0.39, 0.29) is 0 Å². The topological polar surface area (TPSA) is 0 Å². The Labute approximate surface area is 114 Å². The van der Waals surface area contributed by atoms with Crippen molar-refractivity contribution in [2.24, 2.45) is 0 Å². The van der Waals surface area contributed by atoms with Crippen molar-refractivity contribution in [1.82, 2.24) is 0 Å². The van der Waals surface area contributed by atoms with Crippen LogP contribution in [0.15, 0.2) is 73.8 Å².